The van der Waals surface area contributed by atoms with Crippen molar-refractivity contribution in [2.24, 2.45) is 0 Å². The molecule has 0 radical (unpaired) electrons. The zero-order valence-electron chi connectivity index (χ0n) is 17.4. The van der Waals surface area contributed by atoms with Crippen LogP contribution in [0.4, 0.5) is 0 Å². The Hall–Kier alpha value is -2.16. The van der Waals surface area contributed by atoms with E-state index in [0.29, 0.717) is 38.8 Å². The van der Waals surface area contributed by atoms with E-state index < -0.39 is 0 Å². The SMILES string of the molecule is Cc1ccc(C)c(SCc2nc3sc(C(=O)NCCN(C)C)c(C)c3c(=O)[nH]2)c1. The van der Waals surface area contributed by atoms with Crippen LogP contribution in [0.2, 0.25) is 0 Å². The average Bonchev–Trinajstić information content (AvgIpc) is 2.99. The smallest absolute Gasteiger partial charge is 0.261 e. The molecule has 0 spiro atoms. The molecule has 1 amide bonds. The molecule has 0 aliphatic heterocycles. The Kier molecular flexibility index (Phi) is 6.77. The van der Waals surface area contributed by atoms with Gasteiger partial charge in [0.2, 0.25) is 0 Å². The van der Waals surface area contributed by atoms with Gasteiger partial charge >= 0.3 is 0 Å². The molecular formula is C21H26N4O2S2. The number of aromatic nitrogens is 2. The highest BCUT2D eigenvalue weighted by molar-refractivity contribution is 7.98. The molecule has 3 rings (SSSR count). The second-order valence-corrected chi connectivity index (χ2v) is 9.38. The molecule has 2 N–H and O–H groups in total. The Morgan fingerprint density at radius 2 is 2.03 bits per heavy atom. The summed E-state index contributed by atoms with van der Waals surface area (Å²) >= 11 is 2.93. The molecule has 0 bridgehead atoms. The van der Waals surface area contributed by atoms with Crippen LogP contribution in [-0.2, 0) is 5.75 Å². The van der Waals surface area contributed by atoms with Gasteiger partial charge in [0.15, 0.2) is 0 Å². The number of likely N-dealkylation sites (N-methyl/N-ethyl adjacent to an activating group) is 1. The maximum atomic E-state index is 12.7. The summed E-state index contributed by atoms with van der Waals surface area (Å²) in [6.07, 6.45) is 0. The van der Waals surface area contributed by atoms with E-state index in [1.807, 2.05) is 19.0 Å². The summed E-state index contributed by atoms with van der Waals surface area (Å²) in [7, 11) is 3.91. The fourth-order valence-corrected chi connectivity index (χ4v) is 5.07. The van der Waals surface area contributed by atoms with Crippen LogP contribution >= 0.6 is 23.1 Å². The zero-order chi connectivity index (χ0) is 21.1. The fraction of sp³-hybridized carbons (Fsp3) is 0.381. The molecule has 29 heavy (non-hydrogen) atoms. The lowest BCUT2D eigenvalue weighted by molar-refractivity contribution is 0.0954. The van der Waals surface area contributed by atoms with Crippen LogP contribution in [0.1, 0.15) is 32.2 Å². The highest BCUT2D eigenvalue weighted by Crippen LogP contribution is 2.29. The van der Waals surface area contributed by atoms with Gasteiger partial charge in [0, 0.05) is 18.0 Å². The molecule has 1 aromatic carbocycles. The van der Waals surface area contributed by atoms with Gasteiger partial charge in [-0.3, -0.25) is 9.59 Å². The average molecular weight is 431 g/mol. The molecule has 0 saturated heterocycles. The first kappa shape index (κ1) is 21.5. The molecule has 6 nitrogen and oxygen atoms in total. The Morgan fingerprint density at radius 3 is 2.76 bits per heavy atom. The maximum Gasteiger partial charge on any atom is 0.261 e. The van der Waals surface area contributed by atoms with Crippen molar-refractivity contribution in [3.63, 3.8) is 0 Å². The predicted octanol–water partition coefficient (Wildman–Crippen LogP) is 3.49. The summed E-state index contributed by atoms with van der Waals surface area (Å²) in [6, 6.07) is 6.33. The van der Waals surface area contributed by atoms with Crippen LogP contribution in [0.3, 0.4) is 0 Å². The predicted molar refractivity (Wildman–Crippen MR) is 121 cm³/mol. The molecule has 154 valence electrons. The number of benzene rings is 1. The van der Waals surface area contributed by atoms with Gasteiger partial charge in [0.25, 0.3) is 11.5 Å². The van der Waals surface area contributed by atoms with E-state index in [9.17, 15) is 9.59 Å². The first-order valence-electron chi connectivity index (χ1n) is 9.41. The van der Waals surface area contributed by atoms with Gasteiger partial charge in [-0.25, -0.2) is 4.98 Å². The largest absolute Gasteiger partial charge is 0.350 e. The minimum atomic E-state index is -0.187. The summed E-state index contributed by atoms with van der Waals surface area (Å²) in [6.45, 7) is 7.26. The lowest BCUT2D eigenvalue weighted by Crippen LogP contribution is -2.31. The summed E-state index contributed by atoms with van der Waals surface area (Å²) in [5.74, 6) is 1.03. The van der Waals surface area contributed by atoms with Gasteiger partial charge in [-0.2, -0.15) is 0 Å². The van der Waals surface area contributed by atoms with Crippen molar-refractivity contribution in [1.29, 1.82) is 0 Å². The third kappa shape index (κ3) is 5.07. The van der Waals surface area contributed by atoms with Crippen LogP contribution in [-0.4, -0.2) is 48.0 Å². The number of carbonyl (C=O) groups is 1. The van der Waals surface area contributed by atoms with Gasteiger partial charge < -0.3 is 15.2 Å². The number of amides is 1. The van der Waals surface area contributed by atoms with Crippen LogP contribution in [0.5, 0.6) is 0 Å². The van der Waals surface area contributed by atoms with E-state index in [0.717, 1.165) is 6.54 Å². The van der Waals surface area contributed by atoms with Crippen molar-refractivity contribution >= 4 is 39.2 Å². The monoisotopic (exact) mass is 430 g/mol. The number of hydrogen-bond acceptors (Lipinski definition) is 6. The van der Waals surface area contributed by atoms with Crippen LogP contribution in [0, 0.1) is 20.8 Å². The molecule has 0 aliphatic carbocycles. The number of rotatable bonds is 7. The van der Waals surface area contributed by atoms with Crippen molar-refractivity contribution in [2.75, 3.05) is 27.2 Å². The van der Waals surface area contributed by atoms with E-state index in [2.05, 4.69) is 47.3 Å². The number of carbonyl (C=O) groups excluding carboxylic acids is 1. The van der Waals surface area contributed by atoms with Gasteiger partial charge in [-0.05, 0) is 52.1 Å². The van der Waals surface area contributed by atoms with Crippen LogP contribution < -0.4 is 10.9 Å². The zero-order valence-corrected chi connectivity index (χ0v) is 19.0. The van der Waals surface area contributed by atoms with E-state index in [4.69, 9.17) is 0 Å². The van der Waals surface area contributed by atoms with E-state index in [1.54, 1.807) is 18.7 Å². The molecule has 0 aliphatic rings. The number of nitrogens with zero attached hydrogens (tertiary/aromatic N) is 2. The van der Waals surface area contributed by atoms with Gasteiger partial charge in [0.1, 0.15) is 10.7 Å². The Bertz CT molecular complexity index is 1100. The molecule has 2 heterocycles. The number of fused-ring (bicyclic) bond motifs is 1. The lowest BCUT2D eigenvalue weighted by Gasteiger charge is -2.09. The standard InChI is InChI=1S/C21H26N4O2S2/c1-12-6-7-13(2)15(10-12)28-11-16-23-19(26)17-14(3)18(29-21(17)24-16)20(27)22-8-9-25(4)5/h6-7,10H,8-9,11H2,1-5H3,(H,22,27)(H,23,24,26). The minimum absolute atomic E-state index is 0.155. The molecule has 0 unspecified atom stereocenters. The maximum absolute atomic E-state index is 12.7. The van der Waals surface area contributed by atoms with Gasteiger partial charge in [-0.15, -0.1) is 23.1 Å². The number of H-pyrrole nitrogens is 1. The molecule has 2 aromatic heterocycles. The Labute approximate surface area is 178 Å². The van der Waals surface area contributed by atoms with Crippen LogP contribution in [0.25, 0.3) is 10.2 Å². The fourth-order valence-electron chi connectivity index (χ4n) is 2.96. The molecule has 3 aromatic rings. The number of thioether (sulfide) groups is 1. The lowest BCUT2D eigenvalue weighted by atomic mass is 10.2. The highest BCUT2D eigenvalue weighted by atomic mass is 32.2. The second-order valence-electron chi connectivity index (χ2n) is 7.37. The summed E-state index contributed by atoms with van der Waals surface area (Å²) in [4.78, 5) is 37.0. The number of aromatic amines is 1. The Morgan fingerprint density at radius 1 is 1.28 bits per heavy atom. The summed E-state index contributed by atoms with van der Waals surface area (Å²) < 4.78 is 0. The third-order valence-electron chi connectivity index (χ3n) is 4.61. The number of aryl methyl sites for hydroxylation is 3. The van der Waals surface area contributed by atoms with E-state index in [-0.39, 0.29) is 11.5 Å². The topological polar surface area (TPSA) is 78.1 Å². The van der Waals surface area contributed by atoms with Gasteiger partial charge in [0.05, 0.1) is 16.0 Å². The summed E-state index contributed by atoms with van der Waals surface area (Å²) in [5.41, 5.74) is 2.91. The normalized spacial score (nSPS) is 11.4. The van der Waals surface area contributed by atoms with E-state index in [1.165, 1.54) is 27.4 Å². The first-order valence-corrected chi connectivity index (χ1v) is 11.2. The van der Waals surface area contributed by atoms with Crippen LogP contribution in [0.15, 0.2) is 27.9 Å². The van der Waals surface area contributed by atoms with Crippen molar-refractivity contribution in [1.82, 2.24) is 20.2 Å². The third-order valence-corrected chi connectivity index (χ3v) is 6.96. The molecule has 8 heteroatoms. The summed E-state index contributed by atoms with van der Waals surface area (Å²) in [5, 5.41) is 3.42. The molecule has 0 atom stereocenters. The number of thiophene rings is 1. The van der Waals surface area contributed by atoms with Crippen molar-refractivity contribution < 1.29 is 4.79 Å². The van der Waals surface area contributed by atoms with Gasteiger partial charge in [-0.1, -0.05) is 17.7 Å². The van der Waals surface area contributed by atoms with Crippen molar-refractivity contribution in [3.8, 4) is 0 Å². The van der Waals surface area contributed by atoms with Crippen molar-refractivity contribution in [2.45, 2.75) is 31.4 Å². The molecule has 0 fully saturated rings. The minimum Gasteiger partial charge on any atom is -0.350 e. The first-order chi connectivity index (χ1) is 13.8. The molecular weight excluding hydrogens is 404 g/mol. The van der Waals surface area contributed by atoms with Crippen molar-refractivity contribution in [3.05, 3.63) is 55.9 Å². The highest BCUT2D eigenvalue weighted by Gasteiger charge is 2.19. The number of nitrogens with one attached hydrogen (secondary N) is 2. The van der Waals surface area contributed by atoms with E-state index >= 15 is 0 Å². The number of hydrogen-bond donors (Lipinski definition) is 2. The second kappa shape index (κ2) is 9.11. The molecule has 0 saturated carbocycles. The Balaban J connectivity index is 1.82. The quantitative estimate of drug-likeness (QED) is 0.561.